The molecule has 0 aromatic heterocycles. The monoisotopic (exact) mass is 267 g/mol. The summed E-state index contributed by atoms with van der Waals surface area (Å²) in [5.41, 5.74) is 0. The molecular formula is C5Cl5O2-. The molecule has 7 heteroatoms. The van der Waals surface area contributed by atoms with Gasteiger partial charge in [-0.3, -0.25) is 0 Å². The van der Waals surface area contributed by atoms with E-state index in [1.54, 1.807) is 0 Å². The summed E-state index contributed by atoms with van der Waals surface area (Å²) < 4.78 is -0.374. The zero-order valence-electron chi connectivity index (χ0n) is 5.21. The van der Waals surface area contributed by atoms with Gasteiger partial charge in [0.2, 0.25) is 0 Å². The van der Waals surface area contributed by atoms with Crippen LogP contribution in [0.25, 0.3) is 0 Å². The molecule has 0 radical (unpaired) electrons. The second kappa shape index (κ2) is 5.20. The van der Waals surface area contributed by atoms with E-state index in [0.29, 0.717) is 0 Å². The van der Waals surface area contributed by atoms with E-state index in [0.717, 1.165) is 0 Å². The van der Waals surface area contributed by atoms with E-state index in [1.807, 2.05) is 0 Å². The van der Waals surface area contributed by atoms with Crippen LogP contribution in [-0.4, -0.2) is 5.97 Å². The maximum Gasteiger partial charge on any atom is 0.126 e. The van der Waals surface area contributed by atoms with Gasteiger partial charge in [-0.15, -0.1) is 0 Å². The molecule has 0 aliphatic carbocycles. The Morgan fingerprint density at radius 2 is 1.25 bits per heavy atom. The van der Waals surface area contributed by atoms with Crippen LogP contribution in [0, 0.1) is 0 Å². The number of carboxylic acid groups (broad SMARTS) is 1. The fourth-order valence-electron chi connectivity index (χ4n) is 0.269. The molecule has 0 aliphatic rings. The normalized spacial score (nSPS) is 12.1. The van der Waals surface area contributed by atoms with Gasteiger partial charge in [-0.2, -0.15) is 0 Å². The Morgan fingerprint density at radius 1 is 0.833 bits per heavy atom. The van der Waals surface area contributed by atoms with Crippen LogP contribution < -0.4 is 5.11 Å². The highest BCUT2D eigenvalue weighted by Gasteiger charge is 2.09. The van der Waals surface area contributed by atoms with Crippen LogP contribution in [-0.2, 0) is 4.79 Å². The number of carbonyl (C=O) groups is 1. The minimum atomic E-state index is -1.66. The van der Waals surface area contributed by atoms with Crippen LogP contribution in [0.15, 0.2) is 19.6 Å². The first-order chi connectivity index (χ1) is 5.37. The number of carboxylic acids is 1. The van der Waals surface area contributed by atoms with Gasteiger partial charge in [0.15, 0.2) is 0 Å². The Balaban J connectivity index is 5.06. The summed E-state index contributed by atoms with van der Waals surface area (Å²) in [7, 11) is 0. The molecule has 12 heavy (non-hydrogen) atoms. The molecule has 0 bridgehead atoms. The van der Waals surface area contributed by atoms with Gasteiger partial charge in [-0.1, -0.05) is 58.0 Å². The predicted molar refractivity (Wildman–Crippen MR) is 48.3 cm³/mol. The van der Waals surface area contributed by atoms with Crippen molar-refractivity contribution >= 4 is 64.0 Å². The van der Waals surface area contributed by atoms with Gasteiger partial charge >= 0.3 is 0 Å². The molecule has 0 N–H and O–H groups in total. The van der Waals surface area contributed by atoms with E-state index in [1.165, 1.54) is 0 Å². The molecule has 0 aromatic rings. The fourth-order valence-corrected chi connectivity index (χ4v) is 0.964. The van der Waals surface area contributed by atoms with E-state index in [2.05, 4.69) is 0 Å². The van der Waals surface area contributed by atoms with Crippen molar-refractivity contribution in [2.24, 2.45) is 0 Å². The van der Waals surface area contributed by atoms with Gasteiger partial charge in [0.1, 0.15) is 4.49 Å². The lowest BCUT2D eigenvalue weighted by molar-refractivity contribution is -0.298. The first-order valence-corrected chi connectivity index (χ1v) is 4.24. The zero-order chi connectivity index (χ0) is 9.89. The molecule has 2 nitrogen and oxygen atoms in total. The lowest BCUT2D eigenvalue weighted by Crippen LogP contribution is -2.22. The maximum atomic E-state index is 10.1. The van der Waals surface area contributed by atoms with Crippen LogP contribution in [0.3, 0.4) is 0 Å². The van der Waals surface area contributed by atoms with Gasteiger partial charge in [-0.05, 0) is 0 Å². The second-order valence-electron chi connectivity index (χ2n) is 1.49. The number of rotatable bonds is 2. The largest absolute Gasteiger partial charge is 0.544 e. The van der Waals surface area contributed by atoms with Crippen LogP contribution in [0.5, 0.6) is 0 Å². The number of carbonyl (C=O) groups excluding carboxylic acids is 1. The van der Waals surface area contributed by atoms with Gasteiger partial charge in [0, 0.05) is 0 Å². The minimum absolute atomic E-state index is 0.339. The molecule has 0 heterocycles. The molecule has 0 aromatic carbocycles. The third kappa shape index (κ3) is 3.42. The third-order valence-corrected chi connectivity index (χ3v) is 2.59. The summed E-state index contributed by atoms with van der Waals surface area (Å²) >= 11 is 26.2. The van der Waals surface area contributed by atoms with E-state index in [9.17, 15) is 9.90 Å². The standard InChI is InChI=1S/C5HCl5O2/c6-1(2(7)4(9)10)3(8)5(11)12/h(H,11,12)/p-1/b3-1-. The minimum Gasteiger partial charge on any atom is -0.544 e. The summed E-state index contributed by atoms with van der Waals surface area (Å²) in [6.45, 7) is 0. The summed E-state index contributed by atoms with van der Waals surface area (Å²) in [5.74, 6) is -1.66. The van der Waals surface area contributed by atoms with Crippen molar-refractivity contribution in [1.29, 1.82) is 0 Å². The highest BCUT2D eigenvalue weighted by atomic mass is 35.5. The van der Waals surface area contributed by atoms with Crippen molar-refractivity contribution < 1.29 is 9.90 Å². The molecular weight excluding hydrogens is 269 g/mol. The van der Waals surface area contributed by atoms with E-state index in [4.69, 9.17) is 58.0 Å². The number of halogens is 5. The first kappa shape index (κ1) is 12.4. The molecule has 0 aliphatic heterocycles. The van der Waals surface area contributed by atoms with Crippen LogP contribution in [0.4, 0.5) is 0 Å². The average Bonchev–Trinajstić information content (AvgIpc) is 2.00. The topological polar surface area (TPSA) is 40.1 Å². The van der Waals surface area contributed by atoms with Crippen LogP contribution >= 0.6 is 58.0 Å². The highest BCUT2D eigenvalue weighted by Crippen LogP contribution is 2.30. The summed E-state index contributed by atoms with van der Waals surface area (Å²) in [6.07, 6.45) is 0. The van der Waals surface area contributed by atoms with Crippen LogP contribution in [0.2, 0.25) is 0 Å². The Hall–Kier alpha value is 0.400. The molecule has 0 unspecified atom stereocenters. The molecule has 0 spiro atoms. The van der Waals surface area contributed by atoms with Crippen molar-refractivity contribution in [1.82, 2.24) is 0 Å². The number of hydrogen-bond acceptors (Lipinski definition) is 2. The van der Waals surface area contributed by atoms with Crippen molar-refractivity contribution in [2.75, 3.05) is 0 Å². The van der Waals surface area contributed by atoms with E-state index < -0.39 is 16.0 Å². The number of hydrogen-bond donors (Lipinski definition) is 0. The fraction of sp³-hybridized carbons (Fsp3) is 0. The Morgan fingerprint density at radius 3 is 1.50 bits per heavy atom. The first-order valence-electron chi connectivity index (χ1n) is 2.35. The summed E-state index contributed by atoms with van der Waals surface area (Å²) in [6, 6.07) is 0. The zero-order valence-corrected chi connectivity index (χ0v) is 8.99. The van der Waals surface area contributed by atoms with Gasteiger partial charge in [0.25, 0.3) is 0 Å². The second-order valence-corrected chi connectivity index (χ2v) is 3.57. The van der Waals surface area contributed by atoms with Crippen molar-refractivity contribution in [3.05, 3.63) is 19.6 Å². The average molecular weight is 269 g/mol. The molecule has 0 amide bonds. The smallest absolute Gasteiger partial charge is 0.126 e. The summed E-state index contributed by atoms with van der Waals surface area (Å²) in [5, 5.41) is 8.57. The predicted octanol–water partition coefficient (Wildman–Crippen LogP) is 2.31. The molecule has 0 rings (SSSR count). The van der Waals surface area contributed by atoms with E-state index in [-0.39, 0.29) is 9.52 Å². The van der Waals surface area contributed by atoms with Crippen molar-refractivity contribution in [3.63, 3.8) is 0 Å². The summed E-state index contributed by atoms with van der Waals surface area (Å²) in [4.78, 5) is 10.1. The van der Waals surface area contributed by atoms with Gasteiger partial charge < -0.3 is 9.90 Å². The van der Waals surface area contributed by atoms with Gasteiger partial charge in [0.05, 0.1) is 21.1 Å². The third-order valence-electron chi connectivity index (χ3n) is 0.731. The molecule has 0 atom stereocenters. The number of allylic oxidation sites excluding steroid dienone is 2. The Bertz CT molecular complexity index is 263. The Kier molecular flexibility index (Phi) is 5.37. The highest BCUT2D eigenvalue weighted by molar-refractivity contribution is 6.62. The molecule has 68 valence electrons. The lowest BCUT2D eigenvalue weighted by atomic mass is 10.5. The maximum absolute atomic E-state index is 10.1. The lowest BCUT2D eigenvalue weighted by Gasteiger charge is -2.02. The molecule has 0 fully saturated rings. The van der Waals surface area contributed by atoms with E-state index >= 15 is 0 Å². The van der Waals surface area contributed by atoms with Crippen molar-refractivity contribution in [2.45, 2.75) is 0 Å². The molecule has 0 saturated heterocycles. The van der Waals surface area contributed by atoms with Gasteiger partial charge in [-0.25, -0.2) is 0 Å². The number of aliphatic carboxylic acids is 1. The Labute approximate surface area is 93.3 Å². The molecule has 0 saturated carbocycles. The van der Waals surface area contributed by atoms with Crippen LogP contribution in [0.1, 0.15) is 0 Å². The quantitative estimate of drug-likeness (QED) is 0.570. The SMILES string of the molecule is O=C([O-])/C(Cl)=C(/Cl)C(Cl)=C(Cl)Cl. The van der Waals surface area contributed by atoms with Crippen molar-refractivity contribution in [3.8, 4) is 0 Å².